The van der Waals surface area contributed by atoms with E-state index in [4.69, 9.17) is 0 Å². The standard InChI is InChI=1S/C28H24N2O/c31-27(21-16-22-10-4-1-5-11-22)29-30-28(25-14-8-3-9-15-25)26-19-17-24(18-20-26)23-12-6-2-7-13-23/h1-15,17-20H,16,21H2,(H,29,31)/b30-28+. The molecule has 3 heteroatoms. The molecule has 0 saturated carbocycles. The van der Waals surface area contributed by atoms with E-state index in [9.17, 15) is 4.79 Å². The Kier molecular flexibility index (Phi) is 6.66. The van der Waals surface area contributed by atoms with Gasteiger partial charge in [0.2, 0.25) is 5.91 Å². The van der Waals surface area contributed by atoms with Crippen molar-refractivity contribution in [2.24, 2.45) is 5.10 Å². The quantitative estimate of drug-likeness (QED) is 0.304. The predicted molar refractivity (Wildman–Crippen MR) is 127 cm³/mol. The second-order valence-electron chi connectivity index (χ2n) is 7.29. The van der Waals surface area contributed by atoms with Crippen LogP contribution in [-0.4, -0.2) is 11.6 Å². The summed E-state index contributed by atoms with van der Waals surface area (Å²) in [5, 5.41) is 4.50. The maximum absolute atomic E-state index is 12.4. The fraction of sp³-hybridized carbons (Fsp3) is 0.0714. The summed E-state index contributed by atoms with van der Waals surface area (Å²) in [6.45, 7) is 0. The van der Waals surface area contributed by atoms with Crippen LogP contribution in [0.3, 0.4) is 0 Å². The van der Waals surface area contributed by atoms with Gasteiger partial charge in [0, 0.05) is 17.5 Å². The SMILES string of the molecule is O=C(CCc1ccccc1)N/N=C(\c1ccccc1)c1ccc(-c2ccccc2)cc1. The highest BCUT2D eigenvalue weighted by Gasteiger charge is 2.09. The first-order chi connectivity index (χ1) is 15.3. The molecule has 1 amide bonds. The van der Waals surface area contributed by atoms with Crippen molar-refractivity contribution in [2.75, 3.05) is 0 Å². The first kappa shape index (κ1) is 20.3. The zero-order valence-corrected chi connectivity index (χ0v) is 17.2. The van der Waals surface area contributed by atoms with Crippen LogP contribution < -0.4 is 5.43 Å². The smallest absolute Gasteiger partial charge is 0.240 e. The minimum absolute atomic E-state index is 0.0989. The largest absolute Gasteiger partial charge is 0.273 e. The number of benzene rings is 4. The third-order valence-corrected chi connectivity index (χ3v) is 5.09. The van der Waals surface area contributed by atoms with E-state index in [0.717, 1.165) is 28.0 Å². The number of carbonyl (C=O) groups excluding carboxylic acids is 1. The molecule has 0 radical (unpaired) electrons. The number of amides is 1. The molecule has 0 aromatic heterocycles. The summed E-state index contributed by atoms with van der Waals surface area (Å²) < 4.78 is 0. The molecule has 4 aromatic carbocycles. The Morgan fingerprint density at radius 2 is 1.13 bits per heavy atom. The molecule has 0 unspecified atom stereocenters. The molecular formula is C28H24N2O. The molecule has 0 aliphatic heterocycles. The van der Waals surface area contributed by atoms with Crippen LogP contribution in [0.15, 0.2) is 120 Å². The van der Waals surface area contributed by atoms with Crippen LogP contribution in [0.2, 0.25) is 0 Å². The van der Waals surface area contributed by atoms with Crippen LogP contribution >= 0.6 is 0 Å². The number of rotatable bonds is 7. The minimum atomic E-state index is -0.0989. The molecule has 0 heterocycles. The number of aryl methyl sites for hydroxylation is 1. The Morgan fingerprint density at radius 1 is 0.613 bits per heavy atom. The van der Waals surface area contributed by atoms with Crippen LogP contribution in [0.25, 0.3) is 11.1 Å². The Bertz CT molecular complexity index is 1140. The molecule has 0 aliphatic carbocycles. The molecule has 0 bridgehead atoms. The normalized spacial score (nSPS) is 11.2. The zero-order chi connectivity index (χ0) is 21.3. The Morgan fingerprint density at radius 3 is 1.77 bits per heavy atom. The molecule has 0 fully saturated rings. The number of hydrogen-bond acceptors (Lipinski definition) is 2. The lowest BCUT2D eigenvalue weighted by molar-refractivity contribution is -0.121. The van der Waals surface area contributed by atoms with Gasteiger partial charge in [0.1, 0.15) is 0 Å². The van der Waals surface area contributed by atoms with Gasteiger partial charge in [-0.2, -0.15) is 5.10 Å². The van der Waals surface area contributed by atoms with E-state index >= 15 is 0 Å². The fourth-order valence-corrected chi connectivity index (χ4v) is 3.42. The number of hydrogen-bond donors (Lipinski definition) is 1. The van der Waals surface area contributed by atoms with E-state index in [1.54, 1.807) is 0 Å². The van der Waals surface area contributed by atoms with Gasteiger partial charge in [-0.25, -0.2) is 5.43 Å². The lowest BCUT2D eigenvalue weighted by Crippen LogP contribution is -2.21. The molecule has 31 heavy (non-hydrogen) atoms. The summed E-state index contributed by atoms with van der Waals surface area (Å²) in [5.74, 6) is -0.0989. The molecular weight excluding hydrogens is 380 g/mol. The van der Waals surface area contributed by atoms with Gasteiger partial charge >= 0.3 is 0 Å². The van der Waals surface area contributed by atoms with Crippen molar-refractivity contribution in [3.8, 4) is 11.1 Å². The molecule has 0 aliphatic rings. The molecule has 3 nitrogen and oxygen atoms in total. The van der Waals surface area contributed by atoms with E-state index in [0.29, 0.717) is 12.8 Å². The summed E-state index contributed by atoms with van der Waals surface area (Å²) in [6.07, 6.45) is 1.08. The van der Waals surface area contributed by atoms with Gasteiger partial charge in [-0.15, -0.1) is 0 Å². The first-order valence-electron chi connectivity index (χ1n) is 10.4. The average molecular weight is 405 g/mol. The molecule has 0 spiro atoms. The highest BCUT2D eigenvalue weighted by Crippen LogP contribution is 2.20. The molecule has 1 N–H and O–H groups in total. The lowest BCUT2D eigenvalue weighted by atomic mass is 9.99. The summed E-state index contributed by atoms with van der Waals surface area (Å²) in [7, 11) is 0. The van der Waals surface area contributed by atoms with Crippen molar-refractivity contribution in [3.05, 3.63) is 132 Å². The average Bonchev–Trinajstić information content (AvgIpc) is 2.85. The summed E-state index contributed by atoms with van der Waals surface area (Å²) in [5.41, 5.74) is 8.85. The Balaban J connectivity index is 1.53. The topological polar surface area (TPSA) is 41.5 Å². The Labute approximate surface area is 183 Å². The Hall–Kier alpha value is -3.98. The summed E-state index contributed by atoms with van der Waals surface area (Å²) >= 11 is 0. The van der Waals surface area contributed by atoms with E-state index in [2.05, 4.69) is 34.8 Å². The van der Waals surface area contributed by atoms with Gasteiger partial charge in [0.25, 0.3) is 0 Å². The third-order valence-electron chi connectivity index (χ3n) is 5.09. The maximum atomic E-state index is 12.4. The second kappa shape index (κ2) is 10.2. The van der Waals surface area contributed by atoms with E-state index in [-0.39, 0.29) is 5.91 Å². The lowest BCUT2D eigenvalue weighted by Gasteiger charge is -2.09. The van der Waals surface area contributed by atoms with Gasteiger partial charge < -0.3 is 0 Å². The van der Waals surface area contributed by atoms with Crippen LogP contribution in [0.5, 0.6) is 0 Å². The van der Waals surface area contributed by atoms with Crippen LogP contribution in [0.4, 0.5) is 0 Å². The second-order valence-corrected chi connectivity index (χ2v) is 7.29. The third kappa shape index (κ3) is 5.55. The van der Waals surface area contributed by atoms with Crippen molar-refractivity contribution in [1.29, 1.82) is 0 Å². The first-order valence-corrected chi connectivity index (χ1v) is 10.4. The maximum Gasteiger partial charge on any atom is 0.240 e. The van der Waals surface area contributed by atoms with Crippen molar-refractivity contribution in [1.82, 2.24) is 5.43 Å². The van der Waals surface area contributed by atoms with Gasteiger partial charge in [0.15, 0.2) is 0 Å². The van der Waals surface area contributed by atoms with E-state index in [1.807, 2.05) is 91.0 Å². The molecule has 4 rings (SSSR count). The number of hydrazone groups is 1. The minimum Gasteiger partial charge on any atom is -0.273 e. The number of carbonyl (C=O) groups is 1. The summed E-state index contributed by atoms with van der Waals surface area (Å²) in [4.78, 5) is 12.4. The highest BCUT2D eigenvalue weighted by molar-refractivity contribution is 6.13. The fourth-order valence-electron chi connectivity index (χ4n) is 3.42. The monoisotopic (exact) mass is 404 g/mol. The number of nitrogens with one attached hydrogen (secondary N) is 1. The van der Waals surface area contributed by atoms with Crippen molar-refractivity contribution >= 4 is 11.6 Å². The molecule has 4 aromatic rings. The van der Waals surface area contributed by atoms with Crippen LogP contribution in [-0.2, 0) is 11.2 Å². The molecule has 152 valence electrons. The van der Waals surface area contributed by atoms with Crippen LogP contribution in [0, 0.1) is 0 Å². The van der Waals surface area contributed by atoms with Crippen molar-refractivity contribution < 1.29 is 4.79 Å². The predicted octanol–water partition coefficient (Wildman–Crippen LogP) is 5.86. The van der Waals surface area contributed by atoms with Gasteiger partial charge in [0.05, 0.1) is 5.71 Å². The molecule has 0 saturated heterocycles. The number of nitrogens with zero attached hydrogens (tertiary/aromatic N) is 1. The van der Waals surface area contributed by atoms with Gasteiger partial charge in [-0.05, 0) is 23.1 Å². The summed E-state index contributed by atoms with van der Waals surface area (Å²) in [6, 6.07) is 38.4. The van der Waals surface area contributed by atoms with E-state index in [1.165, 1.54) is 5.56 Å². The van der Waals surface area contributed by atoms with Gasteiger partial charge in [-0.1, -0.05) is 115 Å². The van der Waals surface area contributed by atoms with Crippen molar-refractivity contribution in [2.45, 2.75) is 12.8 Å². The van der Waals surface area contributed by atoms with E-state index < -0.39 is 0 Å². The zero-order valence-electron chi connectivity index (χ0n) is 17.2. The van der Waals surface area contributed by atoms with Crippen LogP contribution in [0.1, 0.15) is 23.1 Å². The van der Waals surface area contributed by atoms with Gasteiger partial charge in [-0.3, -0.25) is 4.79 Å². The molecule has 0 atom stereocenters. The highest BCUT2D eigenvalue weighted by atomic mass is 16.2. The van der Waals surface area contributed by atoms with Crippen molar-refractivity contribution in [3.63, 3.8) is 0 Å².